The van der Waals surface area contributed by atoms with Gasteiger partial charge in [-0.3, -0.25) is 9.21 Å². The lowest BCUT2D eigenvalue weighted by molar-refractivity contribution is 0.0854. The predicted octanol–water partition coefficient (Wildman–Crippen LogP) is 0.543. The molecule has 3 nitrogen and oxygen atoms in total. The van der Waals surface area contributed by atoms with E-state index in [-0.39, 0.29) is 0 Å². The van der Waals surface area contributed by atoms with Crippen molar-refractivity contribution in [3.05, 3.63) is 0 Å². The van der Waals surface area contributed by atoms with Crippen molar-refractivity contribution in [3.8, 4) is 0 Å². The number of piperidine rings is 1. The Bertz CT molecular complexity index is 152. The molecule has 2 aliphatic rings. The van der Waals surface area contributed by atoms with Crippen molar-refractivity contribution in [2.45, 2.75) is 18.9 Å². The van der Waals surface area contributed by atoms with E-state index in [0.29, 0.717) is 0 Å². The lowest BCUT2D eigenvalue weighted by Gasteiger charge is -2.41. The largest absolute Gasteiger partial charge is 0.304 e. The number of hydrogen-bond acceptors (Lipinski definition) is 4. The van der Waals surface area contributed by atoms with Crippen molar-refractivity contribution in [2.24, 2.45) is 0 Å². The summed E-state index contributed by atoms with van der Waals surface area (Å²) in [6.07, 6.45) is 2.60. The van der Waals surface area contributed by atoms with Gasteiger partial charge in [0.25, 0.3) is 0 Å². The van der Waals surface area contributed by atoms with E-state index in [1.807, 2.05) is 0 Å². The zero-order valence-electron chi connectivity index (χ0n) is 9.02. The Labute approximate surface area is 92.6 Å². The Kier molecular flexibility index (Phi) is 3.71. The van der Waals surface area contributed by atoms with Crippen LogP contribution in [0, 0.1) is 0 Å². The number of likely N-dealkylation sites (N-methyl/N-ethyl adjacent to an activating group) is 1. The third kappa shape index (κ3) is 2.63. The molecule has 0 saturated carbocycles. The van der Waals surface area contributed by atoms with E-state index in [1.54, 1.807) is 0 Å². The molecule has 2 saturated heterocycles. The first-order valence-corrected chi connectivity index (χ1v) is 6.02. The molecule has 0 N–H and O–H groups in total. The molecule has 0 aromatic heterocycles. The number of rotatable bonds is 1. The number of nitrogens with zero attached hydrogens (tertiary/aromatic N) is 3. The van der Waals surface area contributed by atoms with Crippen molar-refractivity contribution in [3.63, 3.8) is 0 Å². The fourth-order valence-corrected chi connectivity index (χ4v) is 2.64. The zero-order chi connectivity index (χ0) is 9.97. The first-order chi connectivity index (χ1) is 6.75. The Balaban J connectivity index is 1.78. The van der Waals surface area contributed by atoms with Gasteiger partial charge in [-0.25, -0.2) is 0 Å². The van der Waals surface area contributed by atoms with Gasteiger partial charge in [-0.1, -0.05) is 12.8 Å². The van der Waals surface area contributed by atoms with E-state index >= 15 is 0 Å². The average molecular weight is 215 g/mol. The van der Waals surface area contributed by atoms with Crippen LogP contribution in [0.1, 0.15) is 12.8 Å². The molecule has 0 aromatic rings. The van der Waals surface area contributed by atoms with Gasteiger partial charge in [-0.15, -0.1) is 0 Å². The summed E-state index contributed by atoms with van der Waals surface area (Å²) in [7, 11) is 2.22. The number of piperazine rings is 1. The van der Waals surface area contributed by atoms with Gasteiger partial charge >= 0.3 is 0 Å². The minimum absolute atomic E-state index is 0.826. The van der Waals surface area contributed by atoms with Gasteiger partial charge in [-0.2, -0.15) is 0 Å². The van der Waals surface area contributed by atoms with Gasteiger partial charge < -0.3 is 4.90 Å². The molecule has 4 heteroatoms. The van der Waals surface area contributed by atoms with Gasteiger partial charge in [-0.05, 0) is 19.9 Å². The van der Waals surface area contributed by atoms with Crippen LogP contribution in [0.2, 0.25) is 0 Å². The van der Waals surface area contributed by atoms with Crippen LogP contribution < -0.4 is 0 Å². The Morgan fingerprint density at radius 3 is 2.07 bits per heavy atom. The lowest BCUT2D eigenvalue weighted by Crippen LogP contribution is -2.51. The molecule has 0 atom stereocenters. The average Bonchev–Trinajstić information content (AvgIpc) is 2.21. The highest BCUT2D eigenvalue weighted by Gasteiger charge is 2.25. The minimum atomic E-state index is 0.826. The van der Waals surface area contributed by atoms with Crippen LogP contribution in [0.25, 0.3) is 0 Å². The highest BCUT2D eigenvalue weighted by Crippen LogP contribution is 2.18. The summed E-state index contributed by atoms with van der Waals surface area (Å²) < 4.78 is 2.15. The fourth-order valence-electron chi connectivity index (χ4n) is 2.40. The molecule has 0 spiro atoms. The third-order valence-electron chi connectivity index (χ3n) is 3.50. The summed E-state index contributed by atoms with van der Waals surface area (Å²) in [6, 6.07) is 0.826. The Morgan fingerprint density at radius 2 is 1.50 bits per heavy atom. The molecule has 0 amide bonds. The minimum Gasteiger partial charge on any atom is -0.304 e. The lowest BCUT2D eigenvalue weighted by atomic mass is 10.0. The maximum atomic E-state index is 4.39. The van der Waals surface area contributed by atoms with Crippen molar-refractivity contribution >= 4 is 12.8 Å². The predicted molar refractivity (Wildman–Crippen MR) is 62.7 cm³/mol. The van der Waals surface area contributed by atoms with Gasteiger partial charge in [0.1, 0.15) is 0 Å². The van der Waals surface area contributed by atoms with E-state index < -0.39 is 0 Å². The number of hydrogen-bond donors (Lipinski definition) is 1. The van der Waals surface area contributed by atoms with E-state index in [9.17, 15) is 0 Å². The SMILES string of the molecule is CN1CCN(C2CCN(S)CC2)CC1. The molecule has 82 valence electrons. The molecular weight excluding hydrogens is 194 g/mol. The molecule has 0 bridgehead atoms. The summed E-state index contributed by atoms with van der Waals surface area (Å²) >= 11 is 4.39. The second kappa shape index (κ2) is 4.84. The first kappa shape index (κ1) is 10.7. The van der Waals surface area contributed by atoms with Gasteiger partial charge in [0.05, 0.1) is 0 Å². The number of thiol groups is 1. The summed E-state index contributed by atoms with van der Waals surface area (Å²) in [5, 5.41) is 0. The van der Waals surface area contributed by atoms with Crippen LogP contribution in [0.3, 0.4) is 0 Å². The van der Waals surface area contributed by atoms with Gasteiger partial charge in [0.15, 0.2) is 0 Å². The highest BCUT2D eigenvalue weighted by molar-refractivity contribution is 7.77. The molecule has 0 aromatic carbocycles. The molecule has 0 radical (unpaired) electrons. The molecule has 0 aliphatic carbocycles. The molecule has 2 rings (SSSR count). The summed E-state index contributed by atoms with van der Waals surface area (Å²) in [4.78, 5) is 5.09. The van der Waals surface area contributed by atoms with Crippen LogP contribution in [-0.4, -0.2) is 66.5 Å². The van der Waals surface area contributed by atoms with Gasteiger partial charge in [0.2, 0.25) is 0 Å². The molecule has 0 unspecified atom stereocenters. The Morgan fingerprint density at radius 1 is 0.929 bits per heavy atom. The summed E-state index contributed by atoms with van der Waals surface area (Å²) in [5.74, 6) is 0. The van der Waals surface area contributed by atoms with Crippen LogP contribution in [0.4, 0.5) is 0 Å². The molecular formula is C10H21N3S. The van der Waals surface area contributed by atoms with E-state index in [1.165, 1.54) is 39.0 Å². The second-order valence-electron chi connectivity index (χ2n) is 4.52. The van der Waals surface area contributed by atoms with Crippen LogP contribution in [-0.2, 0) is 0 Å². The Hall–Kier alpha value is 0.230. The van der Waals surface area contributed by atoms with Crippen LogP contribution >= 0.6 is 12.8 Å². The molecule has 14 heavy (non-hydrogen) atoms. The van der Waals surface area contributed by atoms with E-state index in [4.69, 9.17) is 0 Å². The third-order valence-corrected chi connectivity index (χ3v) is 3.90. The quantitative estimate of drug-likeness (QED) is 0.640. The van der Waals surface area contributed by atoms with Crippen molar-refractivity contribution in [1.82, 2.24) is 14.1 Å². The van der Waals surface area contributed by atoms with Crippen molar-refractivity contribution in [2.75, 3.05) is 46.3 Å². The monoisotopic (exact) mass is 215 g/mol. The standard InChI is InChI=1S/C10H21N3S/c1-11-6-8-12(9-7-11)10-2-4-13(14)5-3-10/h10,14H,2-9H2,1H3. The van der Waals surface area contributed by atoms with Gasteiger partial charge in [0, 0.05) is 45.3 Å². The molecule has 2 fully saturated rings. The fraction of sp³-hybridized carbons (Fsp3) is 1.00. The van der Waals surface area contributed by atoms with Crippen molar-refractivity contribution < 1.29 is 0 Å². The summed E-state index contributed by atoms with van der Waals surface area (Å²) in [6.45, 7) is 7.30. The zero-order valence-corrected chi connectivity index (χ0v) is 9.92. The smallest absolute Gasteiger partial charge is 0.0121 e. The molecule has 2 heterocycles. The van der Waals surface area contributed by atoms with Crippen LogP contribution in [0.5, 0.6) is 0 Å². The normalized spacial score (nSPS) is 29.6. The van der Waals surface area contributed by atoms with E-state index in [0.717, 1.165) is 19.1 Å². The maximum absolute atomic E-state index is 4.39. The topological polar surface area (TPSA) is 9.72 Å². The highest BCUT2D eigenvalue weighted by atomic mass is 32.1. The summed E-state index contributed by atoms with van der Waals surface area (Å²) in [5.41, 5.74) is 0. The first-order valence-electron chi connectivity index (χ1n) is 5.62. The maximum Gasteiger partial charge on any atom is 0.0121 e. The van der Waals surface area contributed by atoms with Crippen molar-refractivity contribution in [1.29, 1.82) is 0 Å². The van der Waals surface area contributed by atoms with Crippen LogP contribution in [0.15, 0.2) is 0 Å². The second-order valence-corrected chi connectivity index (χ2v) is 5.09. The van der Waals surface area contributed by atoms with E-state index in [2.05, 4.69) is 34.0 Å². The molecule has 2 aliphatic heterocycles.